The van der Waals surface area contributed by atoms with Crippen LogP contribution >= 0.6 is 11.6 Å². The number of nitrogens with one attached hydrogen (secondary N) is 1. The Kier molecular flexibility index (Phi) is 5.16. The molecule has 0 radical (unpaired) electrons. The van der Waals surface area contributed by atoms with Crippen LogP contribution in [-0.4, -0.2) is 17.6 Å². The molecule has 0 spiro atoms. The van der Waals surface area contributed by atoms with Crippen LogP contribution in [0.25, 0.3) is 0 Å². The van der Waals surface area contributed by atoms with Gasteiger partial charge in [-0.2, -0.15) is 0 Å². The van der Waals surface area contributed by atoms with Crippen molar-refractivity contribution >= 4 is 17.5 Å². The molecule has 2 N–H and O–H groups in total. The zero-order chi connectivity index (χ0) is 14.4. The monoisotopic (exact) mass is 289 g/mol. The van der Waals surface area contributed by atoms with Crippen LogP contribution in [0.5, 0.6) is 0 Å². The smallest absolute Gasteiger partial charge is 0.224 e. The Bertz CT molecular complexity index is 554. The van der Waals surface area contributed by atoms with Gasteiger partial charge in [-0.25, -0.2) is 0 Å². The first-order chi connectivity index (χ1) is 9.65. The Labute approximate surface area is 123 Å². The van der Waals surface area contributed by atoms with Gasteiger partial charge in [0.05, 0.1) is 12.5 Å². The number of rotatable bonds is 5. The third kappa shape index (κ3) is 4.37. The second kappa shape index (κ2) is 7.08. The van der Waals surface area contributed by atoms with E-state index < -0.39 is 6.10 Å². The minimum Gasteiger partial charge on any atom is -0.387 e. The maximum Gasteiger partial charge on any atom is 0.224 e. The van der Waals surface area contributed by atoms with Crippen LogP contribution in [0.3, 0.4) is 0 Å². The van der Waals surface area contributed by atoms with E-state index in [9.17, 15) is 9.90 Å². The highest BCUT2D eigenvalue weighted by molar-refractivity contribution is 6.30. The number of hydrogen-bond donors (Lipinski definition) is 2. The molecule has 2 aromatic rings. The van der Waals surface area contributed by atoms with E-state index in [4.69, 9.17) is 11.6 Å². The molecule has 104 valence electrons. The van der Waals surface area contributed by atoms with Crippen molar-refractivity contribution in [3.8, 4) is 0 Å². The molecule has 0 saturated heterocycles. The van der Waals surface area contributed by atoms with Crippen LogP contribution in [0.15, 0.2) is 54.6 Å². The molecule has 20 heavy (non-hydrogen) atoms. The van der Waals surface area contributed by atoms with Crippen molar-refractivity contribution in [2.75, 3.05) is 6.54 Å². The van der Waals surface area contributed by atoms with Gasteiger partial charge in [0.2, 0.25) is 5.91 Å². The van der Waals surface area contributed by atoms with Crippen LogP contribution in [0.2, 0.25) is 5.02 Å². The Morgan fingerprint density at radius 2 is 1.75 bits per heavy atom. The highest BCUT2D eigenvalue weighted by Gasteiger charge is 2.09. The topological polar surface area (TPSA) is 49.3 Å². The summed E-state index contributed by atoms with van der Waals surface area (Å²) in [6.45, 7) is 0.205. The van der Waals surface area contributed by atoms with Crippen LogP contribution in [0.1, 0.15) is 17.2 Å². The summed E-state index contributed by atoms with van der Waals surface area (Å²) >= 11 is 5.79. The second-order valence-corrected chi connectivity index (χ2v) is 4.97. The number of halogens is 1. The van der Waals surface area contributed by atoms with Crippen LogP contribution in [0, 0.1) is 0 Å². The molecule has 0 unspecified atom stereocenters. The van der Waals surface area contributed by atoms with E-state index in [2.05, 4.69) is 5.32 Å². The molecule has 0 aliphatic carbocycles. The number of hydrogen-bond acceptors (Lipinski definition) is 2. The largest absolute Gasteiger partial charge is 0.387 e. The first kappa shape index (κ1) is 14.6. The molecule has 1 atom stereocenters. The molecular weight excluding hydrogens is 274 g/mol. The number of carbonyl (C=O) groups is 1. The number of carbonyl (C=O) groups excluding carboxylic acids is 1. The Morgan fingerprint density at radius 3 is 2.40 bits per heavy atom. The number of benzene rings is 2. The van der Waals surface area contributed by atoms with Crippen molar-refractivity contribution < 1.29 is 9.90 Å². The summed E-state index contributed by atoms with van der Waals surface area (Å²) < 4.78 is 0. The lowest BCUT2D eigenvalue weighted by Gasteiger charge is -2.12. The molecule has 3 nitrogen and oxygen atoms in total. The molecule has 2 rings (SSSR count). The summed E-state index contributed by atoms with van der Waals surface area (Å²) in [6, 6.07) is 16.4. The Hall–Kier alpha value is -1.84. The van der Waals surface area contributed by atoms with Gasteiger partial charge in [-0.3, -0.25) is 4.79 Å². The first-order valence-electron chi connectivity index (χ1n) is 6.39. The van der Waals surface area contributed by atoms with Gasteiger partial charge in [-0.05, 0) is 23.3 Å². The summed E-state index contributed by atoms with van der Waals surface area (Å²) in [5, 5.41) is 13.3. The zero-order valence-corrected chi connectivity index (χ0v) is 11.7. The quantitative estimate of drug-likeness (QED) is 0.889. The van der Waals surface area contributed by atoms with E-state index in [0.717, 1.165) is 11.1 Å². The summed E-state index contributed by atoms with van der Waals surface area (Å²) in [4.78, 5) is 11.8. The average molecular weight is 290 g/mol. The second-order valence-electron chi connectivity index (χ2n) is 4.53. The SMILES string of the molecule is O=C(Cc1ccc(Cl)cc1)NC[C@@H](O)c1ccccc1. The minimum absolute atomic E-state index is 0.123. The first-order valence-corrected chi connectivity index (χ1v) is 6.77. The molecule has 2 aromatic carbocycles. The summed E-state index contributed by atoms with van der Waals surface area (Å²) in [7, 11) is 0. The van der Waals surface area contributed by atoms with Crippen molar-refractivity contribution in [1.82, 2.24) is 5.32 Å². The fourth-order valence-corrected chi connectivity index (χ4v) is 1.98. The van der Waals surface area contributed by atoms with Gasteiger partial charge in [-0.15, -0.1) is 0 Å². The highest BCUT2D eigenvalue weighted by Crippen LogP contribution is 2.11. The van der Waals surface area contributed by atoms with Gasteiger partial charge in [0.25, 0.3) is 0 Å². The third-order valence-corrected chi connectivity index (χ3v) is 3.21. The van der Waals surface area contributed by atoms with Crippen LogP contribution < -0.4 is 5.32 Å². The van der Waals surface area contributed by atoms with E-state index in [0.29, 0.717) is 5.02 Å². The molecular formula is C16H16ClNO2. The van der Waals surface area contributed by atoms with Crippen molar-refractivity contribution in [3.05, 3.63) is 70.7 Å². The fourth-order valence-electron chi connectivity index (χ4n) is 1.85. The van der Waals surface area contributed by atoms with Crippen molar-refractivity contribution in [2.24, 2.45) is 0 Å². The van der Waals surface area contributed by atoms with Gasteiger partial charge < -0.3 is 10.4 Å². The van der Waals surface area contributed by atoms with E-state index in [1.165, 1.54) is 0 Å². The summed E-state index contributed by atoms with van der Waals surface area (Å²) in [5.41, 5.74) is 1.68. The van der Waals surface area contributed by atoms with Crippen molar-refractivity contribution in [2.45, 2.75) is 12.5 Å². The molecule has 0 heterocycles. The van der Waals surface area contributed by atoms with Crippen molar-refractivity contribution in [1.29, 1.82) is 0 Å². The standard InChI is InChI=1S/C16H16ClNO2/c17-14-8-6-12(7-9-14)10-16(20)18-11-15(19)13-4-2-1-3-5-13/h1-9,15,19H,10-11H2,(H,18,20)/t15-/m1/s1. The van der Waals surface area contributed by atoms with Gasteiger partial charge in [0.15, 0.2) is 0 Å². The van der Waals surface area contributed by atoms with Gasteiger partial charge in [0, 0.05) is 11.6 Å². The maximum atomic E-state index is 11.8. The van der Waals surface area contributed by atoms with Gasteiger partial charge in [-0.1, -0.05) is 54.1 Å². The lowest BCUT2D eigenvalue weighted by Crippen LogP contribution is -2.29. The molecule has 0 aliphatic heterocycles. The normalized spacial score (nSPS) is 11.9. The summed E-state index contributed by atoms with van der Waals surface area (Å²) in [6.07, 6.45) is -0.413. The zero-order valence-electron chi connectivity index (χ0n) is 10.9. The predicted octanol–water partition coefficient (Wildman–Crippen LogP) is 2.73. The molecule has 1 amide bonds. The molecule has 0 aromatic heterocycles. The van der Waals surface area contributed by atoms with E-state index in [1.807, 2.05) is 42.5 Å². The lowest BCUT2D eigenvalue weighted by atomic mass is 10.1. The van der Waals surface area contributed by atoms with Gasteiger partial charge >= 0.3 is 0 Å². The summed E-state index contributed by atoms with van der Waals surface area (Å²) in [5.74, 6) is -0.123. The lowest BCUT2D eigenvalue weighted by molar-refractivity contribution is -0.120. The molecule has 4 heteroatoms. The van der Waals surface area contributed by atoms with E-state index in [-0.39, 0.29) is 18.9 Å². The molecule has 0 aliphatic rings. The fraction of sp³-hybridized carbons (Fsp3) is 0.188. The van der Waals surface area contributed by atoms with E-state index >= 15 is 0 Å². The number of aliphatic hydroxyl groups is 1. The van der Waals surface area contributed by atoms with Crippen LogP contribution in [0.4, 0.5) is 0 Å². The van der Waals surface area contributed by atoms with Gasteiger partial charge in [0.1, 0.15) is 0 Å². The molecule has 0 bridgehead atoms. The van der Waals surface area contributed by atoms with Crippen LogP contribution in [-0.2, 0) is 11.2 Å². The van der Waals surface area contributed by atoms with Crippen molar-refractivity contribution in [3.63, 3.8) is 0 Å². The predicted molar refractivity (Wildman–Crippen MR) is 79.6 cm³/mol. The van der Waals surface area contributed by atoms with E-state index in [1.54, 1.807) is 12.1 Å². The Balaban J connectivity index is 1.82. The highest BCUT2D eigenvalue weighted by atomic mass is 35.5. The molecule has 0 saturated carbocycles. The molecule has 0 fully saturated rings. The Morgan fingerprint density at radius 1 is 1.10 bits per heavy atom. The third-order valence-electron chi connectivity index (χ3n) is 2.95. The minimum atomic E-state index is -0.689. The number of amides is 1. The maximum absolute atomic E-state index is 11.8. The number of aliphatic hydroxyl groups excluding tert-OH is 1. The average Bonchev–Trinajstić information content (AvgIpc) is 2.48.